The Morgan fingerprint density at radius 2 is 0.750 bits per heavy atom. The van der Waals surface area contributed by atoms with Gasteiger partial charge in [0.25, 0.3) is 0 Å². The van der Waals surface area contributed by atoms with Crippen molar-refractivity contribution >= 4 is 23.8 Å². The van der Waals surface area contributed by atoms with Crippen molar-refractivity contribution in [2.75, 3.05) is 0 Å². The van der Waals surface area contributed by atoms with Crippen molar-refractivity contribution in [2.45, 2.75) is 157 Å². The maximum atomic E-state index is 2.60. The van der Waals surface area contributed by atoms with E-state index in [1.807, 2.05) is 30.3 Å². The molecule has 4 aromatic rings. The summed E-state index contributed by atoms with van der Waals surface area (Å²) in [5, 5.41) is 4.87. The van der Waals surface area contributed by atoms with Crippen molar-refractivity contribution in [1.82, 2.24) is 0 Å². The predicted molar refractivity (Wildman–Crippen MR) is 214 cm³/mol. The number of unbranched alkanes of at least 4 members (excludes halogenated alkanes) is 6. The fourth-order valence-corrected chi connectivity index (χ4v) is 9.68. The van der Waals surface area contributed by atoms with E-state index in [0.29, 0.717) is 0 Å². The molecule has 4 rings (SSSR count). The van der Waals surface area contributed by atoms with Gasteiger partial charge in [-0.05, 0) is 121 Å². The second-order valence-corrected chi connectivity index (χ2v) is 15.6. The number of hydrogen-bond donors (Lipinski definition) is 0. The molecule has 0 bridgehead atoms. The van der Waals surface area contributed by atoms with E-state index in [1.54, 1.807) is 49.3 Å². The second-order valence-electron chi connectivity index (χ2n) is 13.5. The molecule has 0 atom stereocenters. The van der Waals surface area contributed by atoms with Crippen LogP contribution in [0.25, 0.3) is 0 Å². The fraction of sp³-hybridized carbons (Fsp3) is 0.522. The van der Waals surface area contributed by atoms with Gasteiger partial charge in [0.05, 0.1) is 0 Å². The zero-order chi connectivity index (χ0) is 33.7. The van der Waals surface area contributed by atoms with E-state index < -0.39 is 7.92 Å². The van der Waals surface area contributed by atoms with Crippen molar-refractivity contribution in [3.63, 3.8) is 0 Å². The summed E-state index contributed by atoms with van der Waals surface area (Å²) in [7, 11) is -0.597. The average molecular weight is 699 g/mol. The molecule has 2 heteroatoms. The Morgan fingerprint density at radius 1 is 0.438 bits per heavy atom. The van der Waals surface area contributed by atoms with Crippen molar-refractivity contribution in [1.29, 1.82) is 0 Å². The molecule has 0 radical (unpaired) electrons. The predicted octanol–water partition coefficient (Wildman–Crippen LogP) is 12.6. The van der Waals surface area contributed by atoms with Gasteiger partial charge >= 0.3 is 0 Å². The third kappa shape index (κ3) is 12.9. The van der Waals surface area contributed by atoms with Crippen LogP contribution >= 0.6 is 7.92 Å². The van der Waals surface area contributed by atoms with Crippen molar-refractivity contribution < 1.29 is 21.7 Å². The molecule has 266 valence electrons. The van der Waals surface area contributed by atoms with Crippen LogP contribution in [0.5, 0.6) is 0 Å². The SMILES string of the molecule is CCCCc1ccc(P(c2ccc(CCCC)c(CCCC)c2CCCC)[c-]2cccc2)c(CCCC)c1CCCC.[Ti].[cH-]1[cH-][cH-][cH-][cH-]1. The van der Waals surface area contributed by atoms with Gasteiger partial charge in [-0.3, -0.25) is 0 Å². The third-order valence-corrected chi connectivity index (χ3v) is 12.3. The molecule has 0 unspecified atom stereocenters. The van der Waals surface area contributed by atoms with Crippen LogP contribution in [0.15, 0.2) is 78.9 Å². The summed E-state index contributed by atoms with van der Waals surface area (Å²) in [6.45, 7) is 14.1. The Bertz CT molecular complexity index is 1250. The molecule has 0 aliphatic carbocycles. The van der Waals surface area contributed by atoms with Gasteiger partial charge < -0.3 is 30.3 Å². The van der Waals surface area contributed by atoms with E-state index in [9.17, 15) is 0 Å². The van der Waals surface area contributed by atoms with Crippen LogP contribution in [0.4, 0.5) is 0 Å². The summed E-state index contributed by atoms with van der Waals surface area (Å²) in [6.07, 6.45) is 22.8. The van der Waals surface area contributed by atoms with E-state index in [-0.39, 0.29) is 21.7 Å². The van der Waals surface area contributed by atoms with Crippen LogP contribution in [0.2, 0.25) is 0 Å². The molecule has 0 saturated carbocycles. The molecule has 0 saturated heterocycles. The van der Waals surface area contributed by atoms with Gasteiger partial charge in [-0.1, -0.05) is 112 Å². The van der Waals surface area contributed by atoms with Crippen LogP contribution in [0.3, 0.4) is 0 Å². The molecular weight excluding hydrogens is 631 g/mol. The molecule has 0 nitrogen and oxygen atoms in total. The van der Waals surface area contributed by atoms with Crippen molar-refractivity contribution in [3.05, 3.63) is 112 Å². The first-order valence-corrected chi connectivity index (χ1v) is 20.9. The Kier molecular flexibility index (Phi) is 22.3. The largest absolute Gasteiger partial charge is 0.748 e. The molecule has 0 aromatic heterocycles. The molecule has 0 amide bonds. The maximum absolute atomic E-state index is 2.60. The van der Waals surface area contributed by atoms with Gasteiger partial charge in [0.2, 0.25) is 0 Å². The first-order valence-electron chi connectivity index (χ1n) is 19.6. The van der Waals surface area contributed by atoms with Crippen molar-refractivity contribution in [3.8, 4) is 0 Å². The summed E-state index contributed by atoms with van der Waals surface area (Å²) in [4.78, 5) is 0. The molecule has 48 heavy (non-hydrogen) atoms. The Labute approximate surface area is 313 Å². The molecule has 0 spiro atoms. The van der Waals surface area contributed by atoms with Crippen LogP contribution in [-0.4, -0.2) is 0 Å². The van der Waals surface area contributed by atoms with Crippen LogP contribution in [0, 0.1) is 0 Å². The number of hydrogen-bond acceptors (Lipinski definition) is 0. The normalized spacial score (nSPS) is 11.0. The number of aryl methyl sites for hydroxylation is 2. The van der Waals surface area contributed by atoms with Crippen LogP contribution in [0.1, 0.15) is 152 Å². The van der Waals surface area contributed by atoms with Crippen LogP contribution < -0.4 is 15.9 Å². The molecular formula is C46H67PTi-6. The minimum atomic E-state index is -0.597. The van der Waals surface area contributed by atoms with Gasteiger partial charge in [-0.25, -0.2) is 12.1 Å². The summed E-state index contributed by atoms with van der Waals surface area (Å²) in [5.74, 6) is 0. The van der Waals surface area contributed by atoms with Gasteiger partial charge in [0, 0.05) is 21.7 Å². The molecule has 0 aliphatic rings. The van der Waals surface area contributed by atoms with Gasteiger partial charge in [-0.15, -0.1) is 5.30 Å². The monoisotopic (exact) mass is 698 g/mol. The smallest absolute Gasteiger partial charge is 0 e. The molecule has 4 aromatic carbocycles. The van der Waals surface area contributed by atoms with Crippen LogP contribution in [-0.2, 0) is 60.2 Å². The summed E-state index contributed by atoms with van der Waals surface area (Å²) in [6, 6.07) is 29.8. The van der Waals surface area contributed by atoms with Crippen molar-refractivity contribution in [2.24, 2.45) is 0 Å². The number of rotatable bonds is 21. The molecule has 0 fully saturated rings. The quantitative estimate of drug-likeness (QED) is 0.0462. The zero-order valence-corrected chi connectivity index (χ0v) is 34.1. The number of benzene rings is 2. The van der Waals surface area contributed by atoms with E-state index in [2.05, 4.69) is 90.1 Å². The Morgan fingerprint density at radius 3 is 1.08 bits per heavy atom. The first-order chi connectivity index (χ1) is 23.1. The van der Waals surface area contributed by atoms with Gasteiger partial charge in [0.1, 0.15) is 0 Å². The Balaban J connectivity index is 0.00000122. The summed E-state index contributed by atoms with van der Waals surface area (Å²) in [5.41, 5.74) is 10.2. The molecule has 0 aliphatic heterocycles. The van der Waals surface area contributed by atoms with E-state index in [0.717, 1.165) is 0 Å². The van der Waals surface area contributed by atoms with Gasteiger partial charge in [0.15, 0.2) is 0 Å². The maximum Gasteiger partial charge on any atom is 0 e. The van der Waals surface area contributed by atoms with E-state index >= 15 is 0 Å². The fourth-order valence-electron chi connectivity index (χ4n) is 6.92. The Hall–Kier alpha value is -1.72. The van der Waals surface area contributed by atoms with E-state index in [1.165, 1.54) is 116 Å². The molecule has 0 N–H and O–H groups in total. The molecule has 0 heterocycles. The zero-order valence-electron chi connectivity index (χ0n) is 31.7. The van der Waals surface area contributed by atoms with E-state index in [4.69, 9.17) is 0 Å². The summed E-state index contributed by atoms with van der Waals surface area (Å²) >= 11 is 0. The standard InChI is InChI=1S/C41H62P.C5H5.Ti/c1-7-13-21-33-29-31-40(38(27-17-11-5)36(33)25-15-9-3)42(35-23-19-20-24-35)41-32-30-34(22-14-8-2)37(26-16-10-4)39(41)28-18-12-6;1-2-4-5-3-1;/h19-20,23-24,29-32H,7-18,21-22,25-28H2,1-6H3;1-5H;/q-1;-5;. The van der Waals surface area contributed by atoms with Gasteiger partial charge in [-0.2, -0.15) is 12.1 Å². The average Bonchev–Trinajstić information content (AvgIpc) is 3.86. The topological polar surface area (TPSA) is 0 Å². The minimum Gasteiger partial charge on any atom is -0.748 e. The second kappa shape index (κ2) is 25.3. The first kappa shape index (κ1) is 42.5. The summed E-state index contributed by atoms with van der Waals surface area (Å²) < 4.78 is 0. The minimum absolute atomic E-state index is 0. The third-order valence-electron chi connectivity index (χ3n) is 9.67.